The number of anilines is 1. The summed E-state index contributed by atoms with van der Waals surface area (Å²) in [5.74, 6) is -0.528. The Morgan fingerprint density at radius 3 is 1.73 bits per heavy atom. The van der Waals surface area contributed by atoms with Crippen molar-refractivity contribution in [3.05, 3.63) is 83.5 Å². The van der Waals surface area contributed by atoms with Crippen molar-refractivity contribution in [1.29, 1.82) is 0 Å². The van der Waals surface area contributed by atoms with Gasteiger partial charge in [0.05, 0.1) is 25.4 Å². The van der Waals surface area contributed by atoms with E-state index in [2.05, 4.69) is 72.6 Å². The molecule has 1 aromatic rings. The zero-order valence-electron chi connectivity index (χ0n) is 48.2. The van der Waals surface area contributed by atoms with Gasteiger partial charge in [0.1, 0.15) is 30.7 Å². The Kier molecular flexibility index (Phi) is 37.3. The van der Waals surface area contributed by atoms with E-state index < -0.39 is 83.7 Å². The van der Waals surface area contributed by atoms with Crippen molar-refractivity contribution in [2.75, 3.05) is 25.6 Å². The van der Waals surface area contributed by atoms with Crippen LogP contribution in [0.4, 0.5) is 5.82 Å². The number of hydrogen-bond donors (Lipinski definition) is 5. The zero-order chi connectivity index (χ0) is 58.3. The normalized spacial score (nSPS) is 21.7. The van der Waals surface area contributed by atoms with Gasteiger partial charge in [0.25, 0.3) is 0 Å². The molecule has 3 heterocycles. The molecule has 5 unspecified atom stereocenters. The predicted molar refractivity (Wildman–Crippen MR) is 311 cm³/mol. The average Bonchev–Trinajstić information content (AvgIpc) is 4.19. The summed E-state index contributed by atoms with van der Waals surface area (Å²) >= 11 is 0. The van der Waals surface area contributed by atoms with Gasteiger partial charge in [-0.15, -0.1) is 0 Å². The van der Waals surface area contributed by atoms with Gasteiger partial charge in [0.2, 0.25) is 0 Å². The van der Waals surface area contributed by atoms with Crippen LogP contribution in [0.3, 0.4) is 0 Å². The number of nitrogens with zero attached hydrogens (tertiary/aromatic N) is 2. The van der Waals surface area contributed by atoms with Gasteiger partial charge in [-0.25, -0.2) is 13.9 Å². The molecule has 2 aliphatic heterocycles. The van der Waals surface area contributed by atoms with Crippen LogP contribution in [0, 0.1) is 5.92 Å². The topological polar surface area (TPSA) is 278 Å². The highest BCUT2D eigenvalue weighted by atomic mass is 31.3. The molecule has 0 amide bonds. The number of ether oxygens (including phenoxy) is 4. The van der Waals surface area contributed by atoms with E-state index in [9.17, 15) is 43.5 Å². The van der Waals surface area contributed by atoms with Gasteiger partial charge in [0, 0.05) is 19.0 Å². The third kappa shape index (κ3) is 33.5. The summed E-state index contributed by atoms with van der Waals surface area (Å²) in [6.45, 7) is 4.38. The first-order valence-corrected chi connectivity index (χ1v) is 32.8. The van der Waals surface area contributed by atoms with Crippen LogP contribution in [0.1, 0.15) is 213 Å². The molecule has 0 spiro atoms. The summed E-state index contributed by atoms with van der Waals surface area (Å²) in [6, 6.07) is 1.25. The van der Waals surface area contributed by atoms with Gasteiger partial charge >= 0.3 is 33.3 Å². The standard InChI is InChI=1S/C59H99N3O16P2/c1-4-6-33-39-50-51(76-50)40-35-30-26-22-18-15-16-19-23-27-31-36-41-54(63)72-45-49(75-55(64)42-37-32-28-24-20-14-12-10-8-7-9-11-13-17-21-25-29-34-38-48(3)5-2)46-73-79(68,69)78-80(70,71)74-47-52-56(65)57(66)58(77-52)62-44-43-53(60)61-59(62)67/h6,16,18-19,22,27,30-31,33,35,43-44,48-52,56-58,65-66H,4-5,7-15,17,20-21,23-26,28-29,32,34,36-42,45-47H2,1-3H3,(H,68,69)(H,70,71)(H2,60,61,67)/b19-16-,22-18-,31-27-,33-6-,35-30-/t48?,49-,50?,51?,52-,56-,57-,58-/m1/s1. The van der Waals surface area contributed by atoms with Crippen LogP contribution in [0.15, 0.2) is 77.8 Å². The molecule has 0 aromatic carbocycles. The number of phosphoric ester groups is 2. The van der Waals surface area contributed by atoms with Crippen LogP contribution in [-0.2, 0) is 51.0 Å². The number of esters is 2. The first-order chi connectivity index (χ1) is 38.5. The molecule has 3 rings (SSSR count). The van der Waals surface area contributed by atoms with E-state index in [4.69, 9.17) is 33.7 Å². The van der Waals surface area contributed by atoms with E-state index in [-0.39, 0.29) is 18.7 Å². The number of carbonyl (C=O) groups is 2. The third-order valence-corrected chi connectivity index (χ3v) is 16.7. The number of aliphatic hydroxyl groups is 2. The van der Waals surface area contributed by atoms with E-state index in [1.54, 1.807) is 0 Å². The number of allylic oxidation sites excluding steroid dienone is 8. The van der Waals surface area contributed by atoms with Gasteiger partial charge < -0.3 is 44.7 Å². The van der Waals surface area contributed by atoms with Crippen LogP contribution in [-0.4, -0.2) is 97.9 Å². The molecule has 0 saturated carbocycles. The summed E-state index contributed by atoms with van der Waals surface area (Å²) in [4.78, 5) is 62.2. The molecule has 2 saturated heterocycles. The highest BCUT2D eigenvalue weighted by Crippen LogP contribution is 2.60. The minimum Gasteiger partial charge on any atom is -0.462 e. The molecular formula is C59H99N3O16P2. The lowest BCUT2D eigenvalue weighted by Gasteiger charge is -2.21. The number of unbranched alkanes of at least 4 members (excludes halogenated alkanes) is 17. The molecule has 21 heteroatoms. The number of nitrogens with two attached hydrogens (primary N) is 1. The number of hydrogen-bond acceptors (Lipinski definition) is 16. The number of rotatable bonds is 48. The van der Waals surface area contributed by atoms with Crippen molar-refractivity contribution in [2.45, 2.75) is 250 Å². The van der Waals surface area contributed by atoms with Gasteiger partial charge in [0.15, 0.2) is 12.3 Å². The Morgan fingerprint density at radius 1 is 0.662 bits per heavy atom. The van der Waals surface area contributed by atoms with Crippen molar-refractivity contribution in [3.63, 3.8) is 0 Å². The lowest BCUT2D eigenvalue weighted by molar-refractivity contribution is -0.161. The molecule has 10 atom stereocenters. The largest absolute Gasteiger partial charge is 0.481 e. The van der Waals surface area contributed by atoms with Crippen molar-refractivity contribution < 1.29 is 71.0 Å². The monoisotopic (exact) mass is 1170 g/mol. The molecule has 19 nitrogen and oxygen atoms in total. The van der Waals surface area contributed by atoms with E-state index >= 15 is 0 Å². The van der Waals surface area contributed by atoms with Crippen LogP contribution in [0.5, 0.6) is 0 Å². The smallest absolute Gasteiger partial charge is 0.462 e. The highest BCUT2D eigenvalue weighted by Gasteiger charge is 2.46. The molecule has 0 aliphatic carbocycles. The Labute approximate surface area is 477 Å². The molecule has 0 radical (unpaired) electrons. The van der Waals surface area contributed by atoms with E-state index in [0.29, 0.717) is 31.5 Å². The van der Waals surface area contributed by atoms with E-state index in [0.717, 1.165) is 74.5 Å². The number of aliphatic hydroxyl groups excluding tert-OH is 2. The molecule has 456 valence electrons. The number of nitrogen functional groups attached to an aromatic ring is 1. The first-order valence-electron chi connectivity index (χ1n) is 29.8. The summed E-state index contributed by atoms with van der Waals surface area (Å²) in [7, 11) is -10.9. The molecular weight excluding hydrogens is 1070 g/mol. The van der Waals surface area contributed by atoms with E-state index in [1.807, 2.05) is 18.2 Å². The van der Waals surface area contributed by atoms with Crippen molar-refractivity contribution in [1.82, 2.24) is 9.55 Å². The second-order valence-corrected chi connectivity index (χ2v) is 24.1. The number of aromatic nitrogens is 2. The summed E-state index contributed by atoms with van der Waals surface area (Å²) in [5, 5.41) is 21.0. The van der Waals surface area contributed by atoms with Gasteiger partial charge in [-0.1, -0.05) is 204 Å². The second-order valence-electron chi connectivity index (χ2n) is 21.1. The van der Waals surface area contributed by atoms with Crippen molar-refractivity contribution >= 4 is 33.4 Å². The Hall–Kier alpha value is -3.58. The second kappa shape index (κ2) is 42.3. The molecule has 2 fully saturated rings. The Morgan fingerprint density at radius 2 is 1.18 bits per heavy atom. The Balaban J connectivity index is 1.36. The predicted octanol–water partition coefficient (Wildman–Crippen LogP) is 12.7. The van der Waals surface area contributed by atoms with Crippen LogP contribution < -0.4 is 11.4 Å². The van der Waals surface area contributed by atoms with Crippen LogP contribution in [0.25, 0.3) is 0 Å². The molecule has 80 heavy (non-hydrogen) atoms. The minimum atomic E-state index is -5.45. The van der Waals surface area contributed by atoms with Gasteiger partial charge in [-0.2, -0.15) is 9.29 Å². The van der Waals surface area contributed by atoms with Crippen LogP contribution >= 0.6 is 15.6 Å². The molecule has 1 aromatic heterocycles. The first kappa shape index (κ1) is 70.7. The SMILES string of the molecule is CC/C=C\CC1OC1C/C=C\C/C=C\C/C=C\C/C=C\CCC(=O)OC[C@H](COP(=O)(O)OP(=O)(O)OC[C@H]1O[C@@H](n2ccc(N)nc2=O)[C@H](O)[C@@H]1O)OC(=O)CCCCCCCCCCCCCCCCCCCCC(C)CC. The van der Waals surface area contributed by atoms with Crippen molar-refractivity contribution in [3.8, 4) is 0 Å². The molecule has 2 aliphatic rings. The molecule has 6 N–H and O–H groups in total. The molecule has 0 bridgehead atoms. The maximum Gasteiger partial charge on any atom is 0.481 e. The maximum absolute atomic E-state index is 13.0. The van der Waals surface area contributed by atoms with Gasteiger partial charge in [-0.05, 0) is 63.4 Å². The summed E-state index contributed by atoms with van der Waals surface area (Å²) < 4.78 is 62.7. The van der Waals surface area contributed by atoms with E-state index in [1.165, 1.54) is 102 Å². The lowest BCUT2D eigenvalue weighted by atomic mass is 9.99. The quantitative estimate of drug-likeness (QED) is 0.0133. The van der Waals surface area contributed by atoms with Crippen molar-refractivity contribution in [2.24, 2.45) is 5.92 Å². The lowest BCUT2D eigenvalue weighted by Crippen LogP contribution is -2.36. The fraction of sp³-hybridized carbons (Fsp3) is 0.729. The average molecular weight is 1170 g/mol. The Bertz CT molecular complexity index is 2170. The number of phosphoric acid groups is 2. The zero-order valence-corrected chi connectivity index (χ0v) is 50.0. The third-order valence-electron chi connectivity index (χ3n) is 14.1. The highest BCUT2D eigenvalue weighted by molar-refractivity contribution is 7.61. The maximum atomic E-state index is 13.0. The summed E-state index contributed by atoms with van der Waals surface area (Å²) in [6.07, 6.45) is 44.8. The summed E-state index contributed by atoms with van der Waals surface area (Å²) in [5.41, 5.74) is 4.60. The van der Waals surface area contributed by atoms with Crippen LogP contribution in [0.2, 0.25) is 0 Å². The number of epoxide rings is 1. The fourth-order valence-corrected chi connectivity index (χ4v) is 11.1. The van der Waals surface area contributed by atoms with Gasteiger partial charge in [-0.3, -0.25) is 23.2 Å². The minimum absolute atomic E-state index is 0.00208. The fourth-order valence-electron chi connectivity index (χ4n) is 9.01. The number of carbonyl (C=O) groups excluding carboxylic acids is 2.